The van der Waals surface area contributed by atoms with Crippen LogP contribution in [-0.2, 0) is 6.54 Å². The number of amides is 1. The van der Waals surface area contributed by atoms with E-state index in [0.717, 1.165) is 48.8 Å². The van der Waals surface area contributed by atoms with Gasteiger partial charge in [-0.05, 0) is 51.4 Å². The first-order valence-corrected chi connectivity index (χ1v) is 11.4. The van der Waals surface area contributed by atoms with Crippen molar-refractivity contribution in [2.45, 2.75) is 58.5 Å². The van der Waals surface area contributed by atoms with Crippen molar-refractivity contribution >= 4 is 11.7 Å². The molecule has 0 bridgehead atoms. The van der Waals surface area contributed by atoms with Crippen LogP contribution >= 0.6 is 0 Å². The van der Waals surface area contributed by atoms with Gasteiger partial charge in [-0.1, -0.05) is 25.3 Å². The van der Waals surface area contributed by atoms with Crippen molar-refractivity contribution in [2.75, 3.05) is 38.1 Å². The molecule has 0 atom stereocenters. The van der Waals surface area contributed by atoms with Gasteiger partial charge in [-0.25, -0.2) is 4.98 Å². The van der Waals surface area contributed by atoms with Crippen molar-refractivity contribution < 1.29 is 4.79 Å². The smallest absolute Gasteiger partial charge is 0.253 e. The molecule has 1 aliphatic heterocycles. The third kappa shape index (κ3) is 4.53. The van der Waals surface area contributed by atoms with Crippen LogP contribution in [0.1, 0.15) is 65.5 Å². The van der Waals surface area contributed by atoms with Gasteiger partial charge in [0.15, 0.2) is 0 Å². The third-order valence-corrected chi connectivity index (χ3v) is 6.76. The second-order valence-corrected chi connectivity index (χ2v) is 8.94. The number of piperazine rings is 1. The van der Waals surface area contributed by atoms with Crippen LogP contribution in [-0.4, -0.2) is 53.6 Å². The lowest BCUT2D eigenvalue weighted by molar-refractivity contribution is 0.0950. The molecule has 2 fully saturated rings. The highest BCUT2D eigenvalue weighted by Crippen LogP contribution is 2.32. The van der Waals surface area contributed by atoms with E-state index in [0.29, 0.717) is 12.6 Å². The normalized spacial score (nSPS) is 18.6. The van der Waals surface area contributed by atoms with E-state index in [2.05, 4.69) is 57.7 Å². The highest BCUT2D eigenvalue weighted by Gasteiger charge is 2.22. The van der Waals surface area contributed by atoms with E-state index < -0.39 is 0 Å². The molecule has 1 saturated heterocycles. The molecule has 0 unspecified atom stereocenters. The number of anilines is 1. The minimum absolute atomic E-state index is 0.00769. The third-order valence-electron chi connectivity index (χ3n) is 6.76. The zero-order valence-electron chi connectivity index (χ0n) is 18.7. The molecule has 6 nitrogen and oxygen atoms in total. The summed E-state index contributed by atoms with van der Waals surface area (Å²) >= 11 is 0. The van der Waals surface area contributed by atoms with Gasteiger partial charge < -0.3 is 19.7 Å². The monoisotopic (exact) mass is 409 g/mol. The number of hydrogen-bond donors (Lipinski definition) is 1. The molecule has 1 N–H and O–H groups in total. The van der Waals surface area contributed by atoms with Gasteiger partial charge in [-0.3, -0.25) is 4.79 Å². The molecular weight excluding hydrogens is 374 g/mol. The molecule has 30 heavy (non-hydrogen) atoms. The second-order valence-electron chi connectivity index (χ2n) is 8.94. The van der Waals surface area contributed by atoms with Gasteiger partial charge in [0.1, 0.15) is 5.82 Å². The van der Waals surface area contributed by atoms with E-state index in [1.807, 2.05) is 12.3 Å². The van der Waals surface area contributed by atoms with Crippen LogP contribution in [0.3, 0.4) is 0 Å². The first kappa shape index (κ1) is 20.9. The lowest BCUT2D eigenvalue weighted by atomic mass is 9.95. The number of aromatic nitrogens is 2. The Labute approximate surface area is 180 Å². The summed E-state index contributed by atoms with van der Waals surface area (Å²) in [7, 11) is 2.16. The van der Waals surface area contributed by atoms with Crippen LogP contribution in [0, 0.1) is 13.8 Å². The summed E-state index contributed by atoms with van der Waals surface area (Å²) in [6, 6.07) is 6.74. The zero-order chi connectivity index (χ0) is 21.1. The highest BCUT2D eigenvalue weighted by molar-refractivity contribution is 5.95. The fourth-order valence-corrected chi connectivity index (χ4v) is 4.93. The average molecular weight is 410 g/mol. The topological polar surface area (TPSA) is 53.4 Å². The van der Waals surface area contributed by atoms with Crippen LogP contribution in [0.2, 0.25) is 0 Å². The van der Waals surface area contributed by atoms with Crippen molar-refractivity contribution in [1.29, 1.82) is 0 Å². The standard InChI is InChI=1S/C24H35N5O/c1-18-15-22(19(2)29(18)21-7-5-4-6-8-21)24(30)26-17-20-9-10-23(25-16-20)28-13-11-27(3)12-14-28/h9-10,15-16,21H,4-8,11-14,17H2,1-3H3,(H,26,30). The molecule has 1 amide bonds. The molecule has 162 valence electrons. The SMILES string of the molecule is Cc1cc(C(=O)NCc2ccc(N3CCN(C)CC3)nc2)c(C)n1C1CCCCC1. The minimum Gasteiger partial charge on any atom is -0.354 e. The highest BCUT2D eigenvalue weighted by atomic mass is 16.1. The Morgan fingerprint density at radius 3 is 2.50 bits per heavy atom. The number of hydrogen-bond acceptors (Lipinski definition) is 4. The van der Waals surface area contributed by atoms with E-state index >= 15 is 0 Å². The molecule has 0 aromatic carbocycles. The molecule has 6 heteroatoms. The van der Waals surface area contributed by atoms with Gasteiger partial charge in [-0.2, -0.15) is 0 Å². The van der Waals surface area contributed by atoms with Crippen molar-refractivity contribution in [3.05, 3.63) is 46.9 Å². The average Bonchev–Trinajstić information content (AvgIpc) is 3.07. The maximum Gasteiger partial charge on any atom is 0.253 e. The Hall–Kier alpha value is -2.34. The summed E-state index contributed by atoms with van der Waals surface area (Å²) in [6.45, 7) is 8.87. The Morgan fingerprint density at radius 1 is 1.10 bits per heavy atom. The van der Waals surface area contributed by atoms with Crippen molar-refractivity contribution in [3.8, 4) is 0 Å². The van der Waals surface area contributed by atoms with Gasteiger partial charge >= 0.3 is 0 Å². The summed E-state index contributed by atoms with van der Waals surface area (Å²) < 4.78 is 2.39. The quantitative estimate of drug-likeness (QED) is 0.818. The molecule has 1 saturated carbocycles. The number of carbonyl (C=O) groups excluding carboxylic acids is 1. The summed E-state index contributed by atoms with van der Waals surface area (Å²) in [5, 5.41) is 3.09. The summed E-state index contributed by atoms with van der Waals surface area (Å²) in [5.74, 6) is 1.03. The van der Waals surface area contributed by atoms with Crippen LogP contribution < -0.4 is 10.2 Å². The molecule has 2 aromatic rings. The molecule has 3 heterocycles. The van der Waals surface area contributed by atoms with Gasteiger partial charge in [0.05, 0.1) is 5.56 Å². The molecule has 0 spiro atoms. The fraction of sp³-hybridized carbons (Fsp3) is 0.583. The molecule has 0 radical (unpaired) electrons. The number of nitrogens with zero attached hydrogens (tertiary/aromatic N) is 4. The first-order valence-electron chi connectivity index (χ1n) is 11.4. The lowest BCUT2D eigenvalue weighted by Crippen LogP contribution is -2.44. The number of aryl methyl sites for hydroxylation is 1. The summed E-state index contributed by atoms with van der Waals surface area (Å²) in [5.41, 5.74) is 4.13. The maximum absolute atomic E-state index is 12.9. The predicted octanol–water partition coefficient (Wildman–Crippen LogP) is 3.69. The first-order chi connectivity index (χ1) is 14.5. The fourth-order valence-electron chi connectivity index (χ4n) is 4.93. The maximum atomic E-state index is 12.9. The lowest BCUT2D eigenvalue weighted by Gasteiger charge is -2.33. The number of likely N-dealkylation sites (N-methyl/N-ethyl adjacent to an activating group) is 1. The largest absolute Gasteiger partial charge is 0.354 e. The van der Waals surface area contributed by atoms with E-state index in [9.17, 15) is 4.79 Å². The molecule has 2 aromatic heterocycles. The minimum atomic E-state index is 0.00769. The van der Waals surface area contributed by atoms with Crippen LogP contribution in [0.25, 0.3) is 0 Å². The predicted molar refractivity (Wildman–Crippen MR) is 121 cm³/mol. The molecule has 4 rings (SSSR count). The van der Waals surface area contributed by atoms with Gasteiger partial charge in [-0.15, -0.1) is 0 Å². The van der Waals surface area contributed by atoms with Crippen molar-refractivity contribution in [3.63, 3.8) is 0 Å². The molecule has 1 aliphatic carbocycles. The number of nitrogens with one attached hydrogen (secondary N) is 1. The number of rotatable bonds is 5. The van der Waals surface area contributed by atoms with Crippen molar-refractivity contribution in [1.82, 2.24) is 19.8 Å². The number of carbonyl (C=O) groups is 1. The van der Waals surface area contributed by atoms with Gasteiger partial charge in [0, 0.05) is 56.4 Å². The Kier molecular flexibility index (Phi) is 6.42. The van der Waals surface area contributed by atoms with E-state index in [1.54, 1.807) is 0 Å². The van der Waals surface area contributed by atoms with Crippen LogP contribution in [0.4, 0.5) is 5.82 Å². The van der Waals surface area contributed by atoms with Crippen molar-refractivity contribution in [2.24, 2.45) is 0 Å². The second kappa shape index (κ2) is 9.21. The van der Waals surface area contributed by atoms with Gasteiger partial charge in [0.25, 0.3) is 5.91 Å². The van der Waals surface area contributed by atoms with Crippen LogP contribution in [0.5, 0.6) is 0 Å². The Bertz CT molecular complexity index is 858. The van der Waals surface area contributed by atoms with E-state index in [1.165, 1.54) is 37.8 Å². The summed E-state index contributed by atoms with van der Waals surface area (Å²) in [4.78, 5) is 22.2. The Morgan fingerprint density at radius 2 is 1.83 bits per heavy atom. The zero-order valence-corrected chi connectivity index (χ0v) is 18.7. The van der Waals surface area contributed by atoms with E-state index in [4.69, 9.17) is 0 Å². The summed E-state index contributed by atoms with van der Waals surface area (Å²) in [6.07, 6.45) is 8.26. The molecule has 2 aliphatic rings. The van der Waals surface area contributed by atoms with Crippen LogP contribution in [0.15, 0.2) is 24.4 Å². The molecular formula is C24H35N5O. The van der Waals surface area contributed by atoms with Gasteiger partial charge in [0.2, 0.25) is 0 Å². The Balaban J connectivity index is 1.36. The number of pyridine rings is 1. The van der Waals surface area contributed by atoms with E-state index in [-0.39, 0.29) is 5.91 Å².